The molecule has 0 radical (unpaired) electrons. The summed E-state index contributed by atoms with van der Waals surface area (Å²) in [5.41, 5.74) is 3.70. The molecule has 2 aromatic carbocycles. The largest absolute Gasteiger partial charge is 0.346 e. The number of hydrogen-bond acceptors (Lipinski definition) is 4. The second-order valence-electron chi connectivity index (χ2n) is 6.57. The van der Waals surface area contributed by atoms with E-state index in [0.717, 1.165) is 16.8 Å². The van der Waals surface area contributed by atoms with Crippen LogP contribution in [0.4, 0.5) is 5.69 Å². The Balaban J connectivity index is 1.45. The van der Waals surface area contributed by atoms with Gasteiger partial charge in [-0.2, -0.15) is 0 Å². The van der Waals surface area contributed by atoms with E-state index in [2.05, 4.69) is 15.6 Å². The molecule has 5 nitrogen and oxygen atoms in total. The highest BCUT2D eigenvalue weighted by Gasteiger charge is 2.15. The van der Waals surface area contributed by atoms with Gasteiger partial charge in [-0.1, -0.05) is 42.5 Å². The summed E-state index contributed by atoms with van der Waals surface area (Å²) in [6.07, 6.45) is 1.69. The van der Waals surface area contributed by atoms with Crippen molar-refractivity contribution in [3.63, 3.8) is 0 Å². The van der Waals surface area contributed by atoms with E-state index in [0.29, 0.717) is 22.7 Å². The van der Waals surface area contributed by atoms with Gasteiger partial charge in [-0.25, -0.2) is 0 Å². The van der Waals surface area contributed by atoms with Gasteiger partial charge in [0.1, 0.15) is 0 Å². The number of carbonyl (C=O) groups excluding carboxylic acids is 2. The molecule has 2 aromatic heterocycles. The minimum atomic E-state index is -0.224. The SMILES string of the molecule is O=C(NCc1ccccn1)c1cccc(NC(=O)c2sccc2-c2ccccc2)c1. The lowest BCUT2D eigenvalue weighted by Gasteiger charge is -2.09. The molecule has 0 unspecified atom stereocenters. The molecule has 0 atom stereocenters. The summed E-state index contributed by atoms with van der Waals surface area (Å²) in [5.74, 6) is -0.423. The maximum atomic E-state index is 12.9. The molecule has 0 saturated carbocycles. The molecule has 148 valence electrons. The first-order valence-corrected chi connectivity index (χ1v) is 10.3. The third-order valence-electron chi connectivity index (χ3n) is 4.50. The Kier molecular flexibility index (Phi) is 5.96. The second kappa shape index (κ2) is 9.15. The van der Waals surface area contributed by atoms with Crippen molar-refractivity contribution >= 4 is 28.8 Å². The molecular weight excluding hydrogens is 394 g/mol. The fourth-order valence-corrected chi connectivity index (χ4v) is 3.84. The van der Waals surface area contributed by atoms with E-state index in [4.69, 9.17) is 0 Å². The maximum Gasteiger partial charge on any atom is 0.266 e. The van der Waals surface area contributed by atoms with Crippen LogP contribution in [0.5, 0.6) is 0 Å². The van der Waals surface area contributed by atoms with Crippen LogP contribution in [0, 0.1) is 0 Å². The standard InChI is InChI=1S/C24H19N3O2S/c28-23(26-16-20-10-4-5-13-25-20)18-9-6-11-19(15-18)27-24(29)22-21(12-14-30-22)17-7-2-1-3-8-17/h1-15H,16H2,(H,26,28)(H,27,29). The number of nitrogens with zero attached hydrogens (tertiary/aromatic N) is 1. The summed E-state index contributed by atoms with van der Waals surface area (Å²) in [6, 6.07) is 24.2. The number of nitrogens with one attached hydrogen (secondary N) is 2. The molecule has 0 spiro atoms. The minimum Gasteiger partial charge on any atom is -0.346 e. The first-order valence-electron chi connectivity index (χ1n) is 9.43. The normalized spacial score (nSPS) is 10.4. The summed E-state index contributed by atoms with van der Waals surface area (Å²) in [5, 5.41) is 7.65. The number of thiophene rings is 1. The molecule has 2 amide bonds. The fraction of sp³-hybridized carbons (Fsp3) is 0.0417. The molecule has 30 heavy (non-hydrogen) atoms. The monoisotopic (exact) mass is 413 g/mol. The third-order valence-corrected chi connectivity index (χ3v) is 5.41. The van der Waals surface area contributed by atoms with Crippen LogP contribution in [0.25, 0.3) is 11.1 Å². The lowest BCUT2D eigenvalue weighted by Crippen LogP contribution is -2.23. The number of aromatic nitrogens is 1. The third kappa shape index (κ3) is 4.61. The van der Waals surface area contributed by atoms with Gasteiger partial charge in [0.2, 0.25) is 0 Å². The van der Waals surface area contributed by atoms with Gasteiger partial charge in [0.15, 0.2) is 0 Å². The topological polar surface area (TPSA) is 71.1 Å². The molecule has 4 aromatic rings. The highest BCUT2D eigenvalue weighted by atomic mass is 32.1. The predicted molar refractivity (Wildman–Crippen MR) is 120 cm³/mol. The highest BCUT2D eigenvalue weighted by Crippen LogP contribution is 2.29. The van der Waals surface area contributed by atoms with Gasteiger partial charge >= 0.3 is 0 Å². The van der Waals surface area contributed by atoms with Crippen molar-refractivity contribution in [1.82, 2.24) is 10.3 Å². The van der Waals surface area contributed by atoms with Crippen LogP contribution >= 0.6 is 11.3 Å². The zero-order valence-corrected chi connectivity index (χ0v) is 16.9. The Morgan fingerprint density at radius 2 is 1.70 bits per heavy atom. The van der Waals surface area contributed by atoms with Gasteiger partial charge in [-0.3, -0.25) is 14.6 Å². The zero-order valence-electron chi connectivity index (χ0n) is 16.0. The maximum absolute atomic E-state index is 12.9. The molecule has 2 heterocycles. The number of anilines is 1. The Hall–Kier alpha value is -3.77. The molecule has 0 bridgehead atoms. The lowest BCUT2D eigenvalue weighted by molar-refractivity contribution is 0.0949. The van der Waals surface area contributed by atoms with Crippen molar-refractivity contribution in [2.75, 3.05) is 5.32 Å². The molecule has 0 aliphatic heterocycles. The van der Waals surface area contributed by atoms with Crippen molar-refractivity contribution < 1.29 is 9.59 Å². The van der Waals surface area contributed by atoms with Gasteiger partial charge < -0.3 is 10.6 Å². The Morgan fingerprint density at radius 1 is 0.867 bits per heavy atom. The number of pyridine rings is 1. The van der Waals surface area contributed by atoms with Gasteiger partial charge in [0.25, 0.3) is 11.8 Å². The predicted octanol–water partition coefficient (Wildman–Crippen LogP) is 4.99. The lowest BCUT2D eigenvalue weighted by atomic mass is 10.1. The zero-order chi connectivity index (χ0) is 20.8. The van der Waals surface area contributed by atoms with Gasteiger partial charge in [-0.05, 0) is 47.3 Å². The average Bonchev–Trinajstić information content (AvgIpc) is 3.29. The van der Waals surface area contributed by atoms with Crippen molar-refractivity contribution in [3.05, 3.63) is 107 Å². The summed E-state index contributed by atoms with van der Waals surface area (Å²) in [7, 11) is 0. The summed E-state index contributed by atoms with van der Waals surface area (Å²) < 4.78 is 0. The summed E-state index contributed by atoms with van der Waals surface area (Å²) in [6.45, 7) is 0.339. The smallest absolute Gasteiger partial charge is 0.266 e. The van der Waals surface area contributed by atoms with Crippen LogP contribution in [0.3, 0.4) is 0 Å². The highest BCUT2D eigenvalue weighted by molar-refractivity contribution is 7.12. The fourth-order valence-electron chi connectivity index (χ4n) is 3.03. The van der Waals surface area contributed by atoms with Crippen LogP contribution in [0.2, 0.25) is 0 Å². The summed E-state index contributed by atoms with van der Waals surface area (Å²) in [4.78, 5) is 30.1. The van der Waals surface area contributed by atoms with Gasteiger partial charge in [-0.15, -0.1) is 11.3 Å². The summed E-state index contributed by atoms with van der Waals surface area (Å²) >= 11 is 1.39. The number of hydrogen-bond donors (Lipinski definition) is 2. The number of carbonyl (C=O) groups is 2. The Bertz CT molecular complexity index is 1160. The molecule has 0 saturated heterocycles. The quantitative estimate of drug-likeness (QED) is 0.468. The number of benzene rings is 2. The average molecular weight is 414 g/mol. The molecule has 0 aliphatic rings. The van der Waals surface area contributed by atoms with Crippen LogP contribution < -0.4 is 10.6 Å². The van der Waals surface area contributed by atoms with Crippen molar-refractivity contribution in [2.24, 2.45) is 0 Å². The van der Waals surface area contributed by atoms with E-state index in [1.54, 1.807) is 30.5 Å². The molecule has 0 aliphatic carbocycles. The molecule has 0 fully saturated rings. The second-order valence-corrected chi connectivity index (χ2v) is 7.48. The molecule has 6 heteroatoms. The van der Waals surface area contributed by atoms with E-state index in [9.17, 15) is 9.59 Å². The Labute approximate surface area is 178 Å². The van der Waals surface area contributed by atoms with E-state index in [1.165, 1.54) is 11.3 Å². The van der Waals surface area contributed by atoms with Crippen LogP contribution in [0.1, 0.15) is 25.7 Å². The van der Waals surface area contributed by atoms with E-state index in [-0.39, 0.29) is 11.8 Å². The van der Waals surface area contributed by atoms with Crippen LogP contribution in [-0.2, 0) is 6.54 Å². The van der Waals surface area contributed by atoms with Crippen molar-refractivity contribution in [2.45, 2.75) is 6.54 Å². The van der Waals surface area contributed by atoms with E-state index in [1.807, 2.05) is 60.0 Å². The molecule has 2 N–H and O–H groups in total. The Morgan fingerprint density at radius 3 is 2.50 bits per heavy atom. The first-order chi connectivity index (χ1) is 14.7. The van der Waals surface area contributed by atoms with Crippen LogP contribution in [0.15, 0.2) is 90.4 Å². The number of rotatable bonds is 6. The number of amides is 2. The first kappa shape index (κ1) is 19.5. The van der Waals surface area contributed by atoms with Gasteiger partial charge in [0.05, 0.1) is 17.1 Å². The van der Waals surface area contributed by atoms with E-state index >= 15 is 0 Å². The van der Waals surface area contributed by atoms with Crippen molar-refractivity contribution in [3.8, 4) is 11.1 Å². The molecule has 4 rings (SSSR count). The molecular formula is C24H19N3O2S. The van der Waals surface area contributed by atoms with E-state index < -0.39 is 0 Å². The van der Waals surface area contributed by atoms with Crippen LogP contribution in [-0.4, -0.2) is 16.8 Å². The van der Waals surface area contributed by atoms with Crippen molar-refractivity contribution in [1.29, 1.82) is 0 Å². The van der Waals surface area contributed by atoms with Gasteiger partial charge in [0, 0.05) is 23.0 Å². The minimum absolute atomic E-state index is 0.199.